The van der Waals surface area contributed by atoms with Crippen LogP contribution < -0.4 is 5.32 Å². The standard InChI is InChI=1S/C25H18F6N4O2S/c1-2-9-35-21(20-4-3-10-37-20)33-34-23(35)38-14-15-5-7-16(8-6-15)22(36)32-19-12-17(24(26,27)28)11-18(13-19)25(29,30)31/h2-8,10-13H,1,9,14H2,(H,32,36). The summed E-state index contributed by atoms with van der Waals surface area (Å²) in [5.41, 5.74) is -2.81. The van der Waals surface area contributed by atoms with Crippen molar-refractivity contribution in [1.29, 1.82) is 0 Å². The van der Waals surface area contributed by atoms with Gasteiger partial charge in [0.15, 0.2) is 10.9 Å². The van der Waals surface area contributed by atoms with Crippen molar-refractivity contribution in [3.63, 3.8) is 0 Å². The van der Waals surface area contributed by atoms with Crippen LogP contribution in [0.2, 0.25) is 0 Å². The van der Waals surface area contributed by atoms with Gasteiger partial charge in [0, 0.05) is 23.5 Å². The van der Waals surface area contributed by atoms with Crippen molar-refractivity contribution in [2.75, 3.05) is 5.32 Å². The molecule has 4 rings (SSSR count). The summed E-state index contributed by atoms with van der Waals surface area (Å²) in [6.45, 7) is 4.18. The number of rotatable bonds is 8. The molecule has 1 amide bonds. The topological polar surface area (TPSA) is 73.0 Å². The number of amides is 1. The highest BCUT2D eigenvalue weighted by Crippen LogP contribution is 2.37. The smallest absolute Gasteiger partial charge is 0.416 e. The molecule has 0 aliphatic rings. The first-order valence-corrected chi connectivity index (χ1v) is 11.8. The second kappa shape index (κ2) is 10.8. The second-order valence-electron chi connectivity index (χ2n) is 7.92. The normalized spacial score (nSPS) is 11.9. The number of alkyl halides is 6. The predicted octanol–water partition coefficient (Wildman–Crippen LogP) is 7.31. The number of nitrogens with zero attached hydrogens (tertiary/aromatic N) is 3. The average molecular weight is 553 g/mol. The largest absolute Gasteiger partial charge is 0.461 e. The number of carbonyl (C=O) groups is 1. The van der Waals surface area contributed by atoms with Crippen LogP contribution in [0.1, 0.15) is 27.0 Å². The Bertz CT molecular complexity index is 1400. The Labute approximate surface area is 216 Å². The number of furan rings is 1. The summed E-state index contributed by atoms with van der Waals surface area (Å²) in [6.07, 6.45) is -6.83. The van der Waals surface area contributed by atoms with E-state index in [4.69, 9.17) is 4.42 Å². The van der Waals surface area contributed by atoms with Crippen LogP contribution in [0, 0.1) is 0 Å². The highest BCUT2D eigenvalue weighted by molar-refractivity contribution is 7.98. The number of hydrogen-bond acceptors (Lipinski definition) is 5. The molecular formula is C25H18F6N4O2S. The first-order chi connectivity index (χ1) is 18.0. The summed E-state index contributed by atoms with van der Waals surface area (Å²) in [7, 11) is 0. The fraction of sp³-hybridized carbons (Fsp3) is 0.160. The van der Waals surface area contributed by atoms with E-state index in [0.717, 1.165) is 5.56 Å². The number of thioether (sulfide) groups is 1. The van der Waals surface area contributed by atoms with E-state index in [1.54, 1.807) is 30.3 Å². The molecule has 198 valence electrons. The molecule has 38 heavy (non-hydrogen) atoms. The number of halogens is 6. The first kappa shape index (κ1) is 27.0. The van der Waals surface area contributed by atoms with Gasteiger partial charge in [0.2, 0.25) is 5.82 Å². The summed E-state index contributed by atoms with van der Waals surface area (Å²) in [5.74, 6) is 0.667. The minimum atomic E-state index is -5.02. The molecule has 0 saturated carbocycles. The minimum absolute atomic E-state index is 0.00441. The fourth-order valence-electron chi connectivity index (χ4n) is 3.41. The molecule has 0 radical (unpaired) electrons. The van der Waals surface area contributed by atoms with Crippen molar-refractivity contribution >= 4 is 23.4 Å². The van der Waals surface area contributed by atoms with Crippen molar-refractivity contribution in [2.24, 2.45) is 0 Å². The zero-order valence-corrected chi connectivity index (χ0v) is 20.1. The van der Waals surface area contributed by atoms with E-state index in [1.165, 1.54) is 30.2 Å². The van der Waals surface area contributed by atoms with Crippen LogP contribution in [0.5, 0.6) is 0 Å². The number of nitrogens with one attached hydrogen (secondary N) is 1. The van der Waals surface area contributed by atoms with E-state index in [9.17, 15) is 31.1 Å². The van der Waals surface area contributed by atoms with Crippen molar-refractivity contribution < 1.29 is 35.6 Å². The molecule has 2 heterocycles. The zero-order valence-electron chi connectivity index (χ0n) is 19.3. The van der Waals surface area contributed by atoms with Crippen molar-refractivity contribution in [3.8, 4) is 11.6 Å². The molecular weight excluding hydrogens is 534 g/mol. The summed E-state index contributed by atoms with van der Waals surface area (Å²) >= 11 is 1.37. The van der Waals surface area contributed by atoms with Gasteiger partial charge >= 0.3 is 12.4 Å². The summed E-state index contributed by atoms with van der Waals surface area (Å²) < 4.78 is 85.7. The Balaban J connectivity index is 1.46. The van der Waals surface area contributed by atoms with Gasteiger partial charge in [-0.25, -0.2) is 0 Å². The van der Waals surface area contributed by atoms with E-state index >= 15 is 0 Å². The van der Waals surface area contributed by atoms with Crippen LogP contribution in [0.3, 0.4) is 0 Å². The molecule has 13 heteroatoms. The molecule has 0 aliphatic heterocycles. The second-order valence-corrected chi connectivity index (χ2v) is 8.86. The Hall–Kier alpha value is -4.00. The lowest BCUT2D eigenvalue weighted by molar-refractivity contribution is -0.143. The fourth-order valence-corrected chi connectivity index (χ4v) is 4.31. The van der Waals surface area contributed by atoms with Crippen LogP contribution in [0.25, 0.3) is 11.6 Å². The molecule has 0 spiro atoms. The van der Waals surface area contributed by atoms with Crippen molar-refractivity contribution in [2.45, 2.75) is 29.8 Å². The molecule has 2 aromatic carbocycles. The Morgan fingerprint density at radius 2 is 1.66 bits per heavy atom. The van der Waals surface area contributed by atoms with E-state index in [-0.39, 0.29) is 11.6 Å². The van der Waals surface area contributed by atoms with Crippen LogP contribution in [0.4, 0.5) is 32.0 Å². The molecule has 1 N–H and O–H groups in total. The molecule has 0 atom stereocenters. The number of benzene rings is 2. The predicted molar refractivity (Wildman–Crippen MR) is 128 cm³/mol. The molecule has 0 bridgehead atoms. The number of allylic oxidation sites excluding steroid dienone is 1. The van der Waals surface area contributed by atoms with E-state index < -0.39 is 35.1 Å². The number of hydrogen-bond donors (Lipinski definition) is 1. The van der Waals surface area contributed by atoms with Gasteiger partial charge in [0.1, 0.15) is 0 Å². The third kappa shape index (κ3) is 6.28. The maximum absolute atomic E-state index is 13.1. The molecule has 2 aromatic heterocycles. The third-order valence-electron chi connectivity index (χ3n) is 5.20. The lowest BCUT2D eigenvalue weighted by Gasteiger charge is -2.15. The lowest BCUT2D eigenvalue weighted by atomic mass is 10.1. The molecule has 4 aromatic rings. The Morgan fingerprint density at radius 1 is 1.00 bits per heavy atom. The number of anilines is 1. The quantitative estimate of drug-likeness (QED) is 0.141. The first-order valence-electron chi connectivity index (χ1n) is 10.9. The molecule has 6 nitrogen and oxygen atoms in total. The summed E-state index contributed by atoms with van der Waals surface area (Å²) in [5, 5.41) is 11.1. The van der Waals surface area contributed by atoms with Crippen LogP contribution >= 0.6 is 11.8 Å². The Kier molecular flexibility index (Phi) is 7.67. The van der Waals surface area contributed by atoms with Gasteiger partial charge < -0.3 is 9.73 Å². The molecule has 0 saturated heterocycles. The average Bonchev–Trinajstić information content (AvgIpc) is 3.52. The number of aromatic nitrogens is 3. The van der Waals surface area contributed by atoms with Gasteiger partial charge in [-0.05, 0) is 48.0 Å². The van der Waals surface area contributed by atoms with Gasteiger partial charge in [-0.2, -0.15) is 26.3 Å². The minimum Gasteiger partial charge on any atom is -0.461 e. The summed E-state index contributed by atoms with van der Waals surface area (Å²) in [4.78, 5) is 12.5. The van der Waals surface area contributed by atoms with Crippen LogP contribution in [0.15, 0.2) is 83.1 Å². The monoisotopic (exact) mass is 552 g/mol. The van der Waals surface area contributed by atoms with E-state index in [2.05, 4.69) is 22.1 Å². The van der Waals surface area contributed by atoms with Gasteiger partial charge in [0.05, 0.1) is 17.4 Å². The highest BCUT2D eigenvalue weighted by Gasteiger charge is 2.37. The molecule has 0 aliphatic carbocycles. The van der Waals surface area contributed by atoms with E-state index in [1.807, 2.05) is 4.57 Å². The molecule has 0 unspecified atom stereocenters. The van der Waals surface area contributed by atoms with Gasteiger partial charge in [-0.3, -0.25) is 9.36 Å². The van der Waals surface area contributed by atoms with Gasteiger partial charge in [-0.1, -0.05) is 30.0 Å². The lowest BCUT2D eigenvalue weighted by Crippen LogP contribution is -2.16. The number of carbonyl (C=O) groups excluding carboxylic acids is 1. The summed E-state index contributed by atoms with van der Waals surface area (Å²) in [6, 6.07) is 10.5. The highest BCUT2D eigenvalue weighted by atomic mass is 32.2. The van der Waals surface area contributed by atoms with Crippen LogP contribution in [-0.2, 0) is 24.7 Å². The maximum atomic E-state index is 13.1. The van der Waals surface area contributed by atoms with Crippen molar-refractivity contribution in [3.05, 3.63) is 95.8 Å². The van der Waals surface area contributed by atoms with Gasteiger partial charge in [0.25, 0.3) is 5.91 Å². The third-order valence-corrected chi connectivity index (χ3v) is 6.24. The molecule has 0 fully saturated rings. The SMILES string of the molecule is C=CCn1c(SCc2ccc(C(=O)Nc3cc(C(F)(F)F)cc(C(F)(F)F)c3)cc2)nnc1-c1ccco1. The van der Waals surface area contributed by atoms with Crippen molar-refractivity contribution in [1.82, 2.24) is 14.8 Å². The maximum Gasteiger partial charge on any atom is 0.416 e. The van der Waals surface area contributed by atoms with Gasteiger partial charge in [-0.15, -0.1) is 16.8 Å². The van der Waals surface area contributed by atoms with E-state index in [0.29, 0.717) is 41.2 Å². The van der Waals surface area contributed by atoms with Crippen LogP contribution in [-0.4, -0.2) is 20.7 Å². The Morgan fingerprint density at radius 3 is 2.21 bits per heavy atom. The zero-order chi connectivity index (χ0) is 27.5.